The fourth-order valence-electron chi connectivity index (χ4n) is 1.28. The molecular weight excluding hydrogens is 246 g/mol. The van der Waals surface area contributed by atoms with Crippen LogP contribution in [0.1, 0.15) is 23.2 Å². The van der Waals surface area contributed by atoms with Crippen molar-refractivity contribution < 1.29 is 23.5 Å². The summed E-state index contributed by atoms with van der Waals surface area (Å²) in [5.74, 6) is -4.27. The number of rotatable bonds is 5. The first-order chi connectivity index (χ1) is 8.45. The second-order valence-electron chi connectivity index (χ2n) is 3.56. The van der Waals surface area contributed by atoms with Gasteiger partial charge in [0.25, 0.3) is 0 Å². The molecule has 98 valence electrons. The lowest BCUT2D eigenvalue weighted by molar-refractivity contribution is -0.116. The first-order valence-electron chi connectivity index (χ1n) is 5.18. The van der Waals surface area contributed by atoms with Gasteiger partial charge in [-0.25, -0.2) is 13.6 Å². The lowest BCUT2D eigenvalue weighted by Crippen LogP contribution is -2.15. The molecule has 0 saturated heterocycles. The summed E-state index contributed by atoms with van der Waals surface area (Å²) in [5.41, 5.74) is 4.13. The summed E-state index contributed by atoms with van der Waals surface area (Å²) in [4.78, 5) is 22.0. The molecule has 0 radical (unpaired) electrons. The predicted octanol–water partition coefficient (Wildman–Crippen LogP) is 1.34. The van der Waals surface area contributed by atoms with Crippen molar-refractivity contribution in [3.05, 3.63) is 29.3 Å². The van der Waals surface area contributed by atoms with Crippen LogP contribution < -0.4 is 11.1 Å². The Kier molecular flexibility index (Phi) is 4.73. The molecule has 0 fully saturated rings. The molecule has 0 heterocycles. The number of hydrogen-bond donors (Lipinski definition) is 3. The summed E-state index contributed by atoms with van der Waals surface area (Å²) >= 11 is 0. The number of carboxylic acids is 1. The Labute approximate surface area is 102 Å². The number of hydrogen-bond acceptors (Lipinski definition) is 3. The van der Waals surface area contributed by atoms with E-state index >= 15 is 0 Å². The largest absolute Gasteiger partial charge is 0.478 e. The molecule has 0 atom stereocenters. The Balaban J connectivity index is 2.92. The van der Waals surface area contributed by atoms with Crippen LogP contribution in [0.2, 0.25) is 0 Å². The fourth-order valence-corrected chi connectivity index (χ4v) is 1.28. The number of carbonyl (C=O) groups excluding carboxylic acids is 1. The van der Waals surface area contributed by atoms with Crippen LogP contribution in [0.25, 0.3) is 0 Å². The number of benzene rings is 1. The molecule has 0 saturated carbocycles. The van der Waals surface area contributed by atoms with Gasteiger partial charge < -0.3 is 16.2 Å². The predicted molar refractivity (Wildman–Crippen MR) is 60.2 cm³/mol. The van der Waals surface area contributed by atoms with Crippen LogP contribution in [-0.2, 0) is 4.79 Å². The third-order valence-electron chi connectivity index (χ3n) is 2.17. The molecule has 7 heteroatoms. The van der Waals surface area contributed by atoms with Gasteiger partial charge in [-0.1, -0.05) is 0 Å². The standard InChI is InChI=1S/C11H12F2N2O3/c12-7-5-8(13)9(4-6(7)11(17)18)15-10(16)2-1-3-14/h4-5H,1-3,14H2,(H,15,16)(H,17,18). The van der Waals surface area contributed by atoms with Gasteiger partial charge >= 0.3 is 5.97 Å². The lowest BCUT2D eigenvalue weighted by Gasteiger charge is -2.07. The lowest BCUT2D eigenvalue weighted by atomic mass is 10.1. The highest BCUT2D eigenvalue weighted by Gasteiger charge is 2.16. The summed E-state index contributed by atoms with van der Waals surface area (Å²) in [6.07, 6.45) is 0.496. The van der Waals surface area contributed by atoms with Crippen LogP contribution in [-0.4, -0.2) is 23.5 Å². The molecule has 0 aromatic heterocycles. The smallest absolute Gasteiger partial charge is 0.338 e. The SMILES string of the molecule is NCCCC(=O)Nc1cc(C(=O)O)c(F)cc1F. The van der Waals surface area contributed by atoms with Gasteiger partial charge in [-0.15, -0.1) is 0 Å². The Hall–Kier alpha value is -2.02. The molecule has 1 rings (SSSR count). The highest BCUT2D eigenvalue weighted by molar-refractivity contribution is 5.94. The van der Waals surface area contributed by atoms with E-state index in [0.717, 1.165) is 6.07 Å². The highest BCUT2D eigenvalue weighted by atomic mass is 19.1. The van der Waals surface area contributed by atoms with Crippen LogP contribution in [0.4, 0.5) is 14.5 Å². The second-order valence-corrected chi connectivity index (χ2v) is 3.56. The van der Waals surface area contributed by atoms with Crippen molar-refractivity contribution in [1.29, 1.82) is 0 Å². The normalized spacial score (nSPS) is 10.2. The van der Waals surface area contributed by atoms with Gasteiger partial charge in [0.05, 0.1) is 11.3 Å². The van der Waals surface area contributed by atoms with Gasteiger partial charge in [0.2, 0.25) is 5.91 Å². The molecule has 0 aliphatic carbocycles. The van der Waals surface area contributed by atoms with E-state index < -0.39 is 29.1 Å². The van der Waals surface area contributed by atoms with Gasteiger partial charge in [-0.2, -0.15) is 0 Å². The van der Waals surface area contributed by atoms with Crippen molar-refractivity contribution in [1.82, 2.24) is 0 Å². The Morgan fingerprint density at radius 1 is 1.28 bits per heavy atom. The summed E-state index contributed by atoms with van der Waals surface area (Å²) in [7, 11) is 0. The summed E-state index contributed by atoms with van der Waals surface area (Å²) in [6.45, 7) is 0.305. The number of anilines is 1. The van der Waals surface area contributed by atoms with Crippen LogP contribution in [0.5, 0.6) is 0 Å². The molecule has 0 spiro atoms. The van der Waals surface area contributed by atoms with Crippen molar-refractivity contribution in [3.63, 3.8) is 0 Å². The third kappa shape index (κ3) is 3.49. The molecule has 0 aliphatic heterocycles. The van der Waals surface area contributed by atoms with Crippen LogP contribution in [0, 0.1) is 11.6 Å². The van der Waals surface area contributed by atoms with E-state index in [2.05, 4.69) is 5.32 Å². The molecule has 0 aliphatic rings. The molecule has 0 bridgehead atoms. The molecule has 0 unspecified atom stereocenters. The second kappa shape index (κ2) is 6.06. The zero-order valence-corrected chi connectivity index (χ0v) is 9.37. The maximum Gasteiger partial charge on any atom is 0.338 e. The fraction of sp³-hybridized carbons (Fsp3) is 0.273. The average Bonchev–Trinajstić information content (AvgIpc) is 2.29. The van der Waals surface area contributed by atoms with Gasteiger partial charge in [0.15, 0.2) is 0 Å². The van der Waals surface area contributed by atoms with Gasteiger partial charge in [-0.05, 0) is 19.0 Å². The minimum atomic E-state index is -1.54. The Morgan fingerprint density at radius 2 is 1.94 bits per heavy atom. The molecule has 4 N–H and O–H groups in total. The van der Waals surface area contributed by atoms with Crippen molar-refractivity contribution in [2.75, 3.05) is 11.9 Å². The Morgan fingerprint density at radius 3 is 2.50 bits per heavy atom. The first-order valence-corrected chi connectivity index (χ1v) is 5.18. The van der Waals surface area contributed by atoms with Crippen molar-refractivity contribution in [3.8, 4) is 0 Å². The zero-order chi connectivity index (χ0) is 13.7. The van der Waals surface area contributed by atoms with E-state index in [1.54, 1.807) is 0 Å². The highest BCUT2D eigenvalue weighted by Crippen LogP contribution is 2.19. The first kappa shape index (κ1) is 14.0. The third-order valence-corrected chi connectivity index (χ3v) is 2.17. The Bertz CT molecular complexity index is 478. The van der Waals surface area contributed by atoms with Crippen molar-refractivity contribution in [2.45, 2.75) is 12.8 Å². The molecule has 5 nitrogen and oxygen atoms in total. The average molecular weight is 258 g/mol. The number of carbonyl (C=O) groups is 2. The summed E-state index contributed by atoms with van der Waals surface area (Å²) in [5, 5.41) is 10.8. The molecule has 1 amide bonds. The van der Waals surface area contributed by atoms with E-state index in [9.17, 15) is 18.4 Å². The number of halogens is 2. The summed E-state index contributed by atoms with van der Waals surface area (Å²) in [6, 6.07) is 1.16. The molecule has 1 aromatic carbocycles. The van der Waals surface area contributed by atoms with Crippen LogP contribution in [0.15, 0.2) is 12.1 Å². The minimum Gasteiger partial charge on any atom is -0.478 e. The van der Waals surface area contributed by atoms with Crippen LogP contribution in [0.3, 0.4) is 0 Å². The van der Waals surface area contributed by atoms with E-state index in [1.807, 2.05) is 0 Å². The monoisotopic (exact) mass is 258 g/mol. The van der Waals surface area contributed by atoms with Gasteiger partial charge in [0, 0.05) is 12.5 Å². The van der Waals surface area contributed by atoms with Crippen molar-refractivity contribution >= 4 is 17.6 Å². The van der Waals surface area contributed by atoms with E-state index in [1.165, 1.54) is 0 Å². The van der Waals surface area contributed by atoms with E-state index in [-0.39, 0.29) is 12.1 Å². The number of nitrogens with two attached hydrogens (primary N) is 1. The molecular formula is C11H12F2N2O3. The number of amides is 1. The topological polar surface area (TPSA) is 92.4 Å². The van der Waals surface area contributed by atoms with Gasteiger partial charge in [-0.3, -0.25) is 4.79 Å². The van der Waals surface area contributed by atoms with Crippen LogP contribution >= 0.6 is 0 Å². The number of carboxylic acid groups (broad SMARTS) is 1. The zero-order valence-electron chi connectivity index (χ0n) is 9.37. The van der Waals surface area contributed by atoms with Gasteiger partial charge in [0.1, 0.15) is 11.6 Å². The molecule has 1 aromatic rings. The maximum absolute atomic E-state index is 13.3. The number of aromatic carboxylic acids is 1. The minimum absolute atomic E-state index is 0.0791. The molecule has 18 heavy (non-hydrogen) atoms. The number of nitrogens with one attached hydrogen (secondary N) is 1. The van der Waals surface area contributed by atoms with Crippen molar-refractivity contribution in [2.24, 2.45) is 5.73 Å². The summed E-state index contributed by atoms with van der Waals surface area (Å²) < 4.78 is 26.4. The maximum atomic E-state index is 13.3. The van der Waals surface area contributed by atoms with E-state index in [0.29, 0.717) is 19.0 Å². The quantitative estimate of drug-likeness (QED) is 0.743. The van der Waals surface area contributed by atoms with E-state index in [4.69, 9.17) is 10.8 Å².